The number of alkyl halides is 3. The average Bonchev–Trinajstić information content (AvgIpc) is 2.93. The van der Waals surface area contributed by atoms with E-state index in [1.54, 1.807) is 36.7 Å². The van der Waals surface area contributed by atoms with Crippen LogP contribution in [-0.2, 0) is 14.3 Å². The Morgan fingerprint density at radius 1 is 1.07 bits per heavy atom. The second-order valence-electron chi connectivity index (χ2n) is 8.08. The SMILES string of the molecule is COC(=O)CCCN(C(=O)c1cc(Cl)cc(OCCNc2ccncc2)c1)c1ccccc1F.O=C(O)C(F)(F)F. The molecule has 3 rings (SSSR count). The molecular formula is C27H26ClF4N3O6. The monoisotopic (exact) mass is 599 g/mol. The molecule has 1 aromatic heterocycles. The lowest BCUT2D eigenvalue weighted by atomic mass is 10.1. The first-order valence-electron chi connectivity index (χ1n) is 11.9. The van der Waals surface area contributed by atoms with Crippen LogP contribution in [0.3, 0.4) is 0 Å². The molecule has 0 bridgehead atoms. The van der Waals surface area contributed by atoms with Crippen LogP contribution in [0.1, 0.15) is 23.2 Å². The summed E-state index contributed by atoms with van der Waals surface area (Å²) in [6.07, 6.45) is -1.31. The normalized spacial score (nSPS) is 10.6. The molecule has 0 spiro atoms. The van der Waals surface area contributed by atoms with Crippen LogP contribution in [0.2, 0.25) is 5.02 Å². The van der Waals surface area contributed by atoms with Crippen molar-refractivity contribution in [2.45, 2.75) is 19.0 Å². The van der Waals surface area contributed by atoms with Crippen molar-refractivity contribution in [2.24, 2.45) is 0 Å². The van der Waals surface area contributed by atoms with E-state index in [9.17, 15) is 27.2 Å². The summed E-state index contributed by atoms with van der Waals surface area (Å²) in [6.45, 7) is 0.967. The first-order valence-corrected chi connectivity index (χ1v) is 12.3. The molecule has 1 heterocycles. The molecule has 0 aliphatic rings. The molecule has 14 heteroatoms. The molecule has 2 N–H and O–H groups in total. The fourth-order valence-corrected chi connectivity index (χ4v) is 3.47. The first-order chi connectivity index (χ1) is 19.4. The van der Waals surface area contributed by atoms with E-state index in [-0.39, 0.29) is 24.2 Å². The number of benzene rings is 2. The minimum atomic E-state index is -5.08. The number of methoxy groups -OCH3 is 1. The van der Waals surface area contributed by atoms with Crippen LogP contribution in [0.25, 0.3) is 0 Å². The lowest BCUT2D eigenvalue weighted by Gasteiger charge is -2.23. The van der Waals surface area contributed by atoms with E-state index >= 15 is 0 Å². The standard InChI is InChI=1S/C25H25ClFN3O4.C2HF3O2/c1-33-24(31)7-4-13-30(23-6-3-2-5-22(23)27)25(32)18-15-19(26)17-21(16-18)34-14-12-29-20-8-10-28-11-9-20;3-2(4,5)1(6)7/h2-3,5-6,8-11,15-17H,4,7,12-14H2,1H3,(H,28,29);(H,6,7). The van der Waals surface area contributed by atoms with Crippen molar-refractivity contribution in [3.63, 3.8) is 0 Å². The molecule has 0 fully saturated rings. The number of hydrogen-bond donors (Lipinski definition) is 2. The third-order valence-electron chi connectivity index (χ3n) is 5.12. The topological polar surface area (TPSA) is 118 Å². The molecule has 2 aromatic carbocycles. The van der Waals surface area contributed by atoms with Crippen LogP contribution in [0, 0.1) is 5.82 Å². The number of nitrogens with zero attached hydrogens (tertiary/aromatic N) is 2. The Morgan fingerprint density at radius 3 is 2.34 bits per heavy atom. The molecule has 1 amide bonds. The van der Waals surface area contributed by atoms with Crippen molar-refractivity contribution in [3.05, 3.63) is 83.4 Å². The number of rotatable bonds is 11. The Balaban J connectivity index is 0.000000745. The second-order valence-corrected chi connectivity index (χ2v) is 8.51. The average molecular weight is 600 g/mol. The zero-order valence-electron chi connectivity index (χ0n) is 21.7. The molecule has 0 aliphatic heterocycles. The summed E-state index contributed by atoms with van der Waals surface area (Å²) >= 11 is 6.24. The van der Waals surface area contributed by atoms with E-state index in [4.69, 9.17) is 26.2 Å². The fraction of sp³-hybridized carbons (Fsp3) is 0.259. The number of carbonyl (C=O) groups is 3. The van der Waals surface area contributed by atoms with Gasteiger partial charge in [0.2, 0.25) is 0 Å². The van der Waals surface area contributed by atoms with Gasteiger partial charge in [0.05, 0.1) is 12.8 Å². The summed E-state index contributed by atoms with van der Waals surface area (Å²) in [7, 11) is 1.29. The molecular weight excluding hydrogens is 574 g/mol. The van der Waals surface area contributed by atoms with Gasteiger partial charge in [-0.2, -0.15) is 13.2 Å². The number of aliphatic carboxylic acids is 1. The lowest BCUT2D eigenvalue weighted by Crippen LogP contribution is -2.33. The first kappa shape index (κ1) is 32.8. The van der Waals surface area contributed by atoms with Gasteiger partial charge in [0.15, 0.2) is 0 Å². The number of carboxylic acid groups (broad SMARTS) is 1. The molecule has 41 heavy (non-hydrogen) atoms. The fourth-order valence-electron chi connectivity index (χ4n) is 3.24. The third kappa shape index (κ3) is 11.3. The van der Waals surface area contributed by atoms with Gasteiger partial charge in [-0.1, -0.05) is 23.7 Å². The number of anilines is 2. The Bertz CT molecular complexity index is 1310. The number of aromatic nitrogens is 1. The van der Waals surface area contributed by atoms with Crippen molar-refractivity contribution in [1.29, 1.82) is 0 Å². The highest BCUT2D eigenvalue weighted by molar-refractivity contribution is 6.31. The molecule has 220 valence electrons. The minimum absolute atomic E-state index is 0.100. The van der Waals surface area contributed by atoms with E-state index in [2.05, 4.69) is 15.0 Å². The maximum Gasteiger partial charge on any atom is 0.490 e. The zero-order valence-corrected chi connectivity index (χ0v) is 22.4. The van der Waals surface area contributed by atoms with E-state index in [1.165, 1.54) is 30.2 Å². The van der Waals surface area contributed by atoms with Crippen LogP contribution < -0.4 is 15.0 Å². The molecule has 0 aliphatic carbocycles. The molecule has 9 nitrogen and oxygen atoms in total. The summed E-state index contributed by atoms with van der Waals surface area (Å²) in [5, 5.41) is 10.6. The summed E-state index contributed by atoms with van der Waals surface area (Å²) in [5.41, 5.74) is 1.26. The predicted octanol–water partition coefficient (Wildman–Crippen LogP) is 5.60. The van der Waals surface area contributed by atoms with E-state index in [0.29, 0.717) is 30.3 Å². The van der Waals surface area contributed by atoms with Crippen LogP contribution in [0.5, 0.6) is 5.75 Å². The maximum atomic E-state index is 14.5. The van der Waals surface area contributed by atoms with Gasteiger partial charge in [-0.05, 0) is 48.9 Å². The van der Waals surface area contributed by atoms with Gasteiger partial charge in [-0.25, -0.2) is 9.18 Å². The quantitative estimate of drug-likeness (QED) is 0.166. The van der Waals surface area contributed by atoms with Gasteiger partial charge in [0, 0.05) is 48.2 Å². The van der Waals surface area contributed by atoms with Gasteiger partial charge in [-0.15, -0.1) is 0 Å². The van der Waals surface area contributed by atoms with Crippen LogP contribution in [-0.4, -0.2) is 60.9 Å². The lowest BCUT2D eigenvalue weighted by molar-refractivity contribution is -0.192. The highest BCUT2D eigenvalue weighted by Crippen LogP contribution is 2.26. The Kier molecular flexibility index (Phi) is 12.8. The molecule has 0 saturated carbocycles. The van der Waals surface area contributed by atoms with Crippen molar-refractivity contribution in [3.8, 4) is 5.75 Å². The maximum absolute atomic E-state index is 14.5. The number of para-hydroxylation sites is 1. The van der Waals surface area contributed by atoms with Crippen molar-refractivity contribution < 1.29 is 46.5 Å². The molecule has 0 atom stereocenters. The molecule has 0 radical (unpaired) electrons. The summed E-state index contributed by atoms with van der Waals surface area (Å²) in [6, 6.07) is 14.3. The Morgan fingerprint density at radius 2 is 1.73 bits per heavy atom. The van der Waals surface area contributed by atoms with E-state index in [1.807, 2.05) is 12.1 Å². The Labute approximate surface area is 237 Å². The summed E-state index contributed by atoms with van der Waals surface area (Å²) < 4.78 is 56.7. The van der Waals surface area contributed by atoms with Gasteiger partial charge < -0.3 is 24.8 Å². The number of amides is 1. The minimum Gasteiger partial charge on any atom is -0.492 e. The Hall–Kier alpha value is -4.39. The van der Waals surface area contributed by atoms with Crippen LogP contribution >= 0.6 is 11.6 Å². The number of hydrogen-bond acceptors (Lipinski definition) is 7. The highest BCUT2D eigenvalue weighted by Gasteiger charge is 2.38. The molecule has 3 aromatic rings. The van der Waals surface area contributed by atoms with Crippen molar-refractivity contribution in [2.75, 3.05) is 37.0 Å². The van der Waals surface area contributed by atoms with E-state index in [0.717, 1.165) is 5.69 Å². The van der Waals surface area contributed by atoms with E-state index < -0.39 is 29.8 Å². The molecule has 0 saturated heterocycles. The smallest absolute Gasteiger partial charge is 0.490 e. The van der Waals surface area contributed by atoms with Gasteiger partial charge >= 0.3 is 18.1 Å². The largest absolute Gasteiger partial charge is 0.492 e. The highest BCUT2D eigenvalue weighted by atomic mass is 35.5. The van der Waals surface area contributed by atoms with Crippen LogP contribution in [0.15, 0.2) is 67.0 Å². The zero-order chi connectivity index (χ0) is 30.4. The number of ether oxygens (including phenoxy) is 2. The number of carbonyl (C=O) groups excluding carboxylic acids is 2. The second kappa shape index (κ2) is 16.0. The van der Waals surface area contributed by atoms with Gasteiger partial charge in [0.25, 0.3) is 5.91 Å². The van der Waals surface area contributed by atoms with Gasteiger partial charge in [-0.3, -0.25) is 14.6 Å². The molecule has 0 unspecified atom stereocenters. The summed E-state index contributed by atoms with van der Waals surface area (Å²) in [5.74, 6) is -3.76. The number of pyridine rings is 1. The van der Waals surface area contributed by atoms with Crippen molar-refractivity contribution in [1.82, 2.24) is 4.98 Å². The third-order valence-corrected chi connectivity index (χ3v) is 5.34. The van der Waals surface area contributed by atoms with Gasteiger partial charge in [0.1, 0.15) is 18.2 Å². The number of nitrogens with one attached hydrogen (secondary N) is 1. The summed E-state index contributed by atoms with van der Waals surface area (Å²) in [4.78, 5) is 39.0. The number of esters is 1. The van der Waals surface area contributed by atoms with Crippen molar-refractivity contribution >= 4 is 40.8 Å². The van der Waals surface area contributed by atoms with Crippen LogP contribution in [0.4, 0.5) is 28.9 Å². The number of carboxylic acids is 1. The number of halogens is 5. The predicted molar refractivity (Wildman–Crippen MR) is 143 cm³/mol.